The van der Waals surface area contributed by atoms with E-state index in [0.717, 1.165) is 16.9 Å². The molecular formula is C20H23NO4S. The Hall–Kier alpha value is -2.47. The van der Waals surface area contributed by atoms with Gasteiger partial charge in [0.05, 0.1) is 17.0 Å². The van der Waals surface area contributed by atoms with E-state index in [1.807, 2.05) is 12.1 Å². The summed E-state index contributed by atoms with van der Waals surface area (Å²) in [5.74, 6) is -0.651. The highest BCUT2D eigenvalue weighted by molar-refractivity contribution is 7.18. The number of thiophene rings is 1. The minimum atomic E-state index is -0.542. The molecule has 1 heterocycles. The number of ether oxygens (including phenoxy) is 1. The number of amides is 1. The maximum absolute atomic E-state index is 12.6. The van der Waals surface area contributed by atoms with Crippen LogP contribution in [0.15, 0.2) is 24.3 Å². The molecule has 0 bridgehead atoms. The van der Waals surface area contributed by atoms with Crippen LogP contribution in [0.3, 0.4) is 0 Å². The largest absolute Gasteiger partial charge is 0.462 e. The maximum atomic E-state index is 12.6. The van der Waals surface area contributed by atoms with Gasteiger partial charge in [-0.2, -0.15) is 0 Å². The minimum Gasteiger partial charge on any atom is -0.462 e. The number of benzene rings is 1. The summed E-state index contributed by atoms with van der Waals surface area (Å²) in [6.45, 7) is 9.21. The molecule has 0 radical (unpaired) electrons. The molecule has 6 heteroatoms. The lowest BCUT2D eigenvalue weighted by atomic mass is 10.0. The van der Waals surface area contributed by atoms with E-state index in [1.165, 1.54) is 6.92 Å². The fourth-order valence-electron chi connectivity index (χ4n) is 2.58. The van der Waals surface area contributed by atoms with E-state index in [1.54, 1.807) is 26.0 Å². The van der Waals surface area contributed by atoms with Gasteiger partial charge in [-0.15, -0.1) is 11.3 Å². The second kappa shape index (κ2) is 8.27. The molecule has 0 atom stereocenters. The van der Waals surface area contributed by atoms with Crippen molar-refractivity contribution in [2.45, 2.75) is 40.5 Å². The molecule has 2 rings (SSSR count). The highest BCUT2D eigenvalue weighted by atomic mass is 32.1. The summed E-state index contributed by atoms with van der Waals surface area (Å²) in [4.78, 5) is 37.1. The standard InChI is InChI=1S/C20H23NO4S/c1-6-25-20(24)16-12(4)17(13(5)22)26-19(16)21-18(23)15-9-7-14(8-10-15)11(2)3/h7-11H,6H2,1-5H3,(H,21,23). The quantitative estimate of drug-likeness (QED) is 0.582. The summed E-state index contributed by atoms with van der Waals surface area (Å²) >= 11 is 1.10. The van der Waals surface area contributed by atoms with Crippen LogP contribution in [-0.4, -0.2) is 24.3 Å². The summed E-state index contributed by atoms with van der Waals surface area (Å²) in [6, 6.07) is 7.32. The molecule has 0 saturated carbocycles. The van der Waals surface area contributed by atoms with Crippen molar-refractivity contribution in [1.82, 2.24) is 0 Å². The van der Waals surface area contributed by atoms with Gasteiger partial charge in [0.15, 0.2) is 5.78 Å². The predicted molar refractivity (Wildman–Crippen MR) is 104 cm³/mol. The number of hydrogen-bond acceptors (Lipinski definition) is 5. The second-order valence-corrected chi connectivity index (χ2v) is 7.29. The lowest BCUT2D eigenvalue weighted by molar-refractivity contribution is 0.0527. The van der Waals surface area contributed by atoms with Crippen molar-refractivity contribution in [2.75, 3.05) is 11.9 Å². The zero-order valence-corrected chi connectivity index (χ0v) is 16.5. The number of anilines is 1. The Kier molecular flexibility index (Phi) is 6.32. The molecule has 0 aliphatic heterocycles. The minimum absolute atomic E-state index is 0.153. The molecule has 138 valence electrons. The van der Waals surface area contributed by atoms with Gasteiger partial charge in [0, 0.05) is 5.56 Å². The average Bonchev–Trinajstić information content (AvgIpc) is 2.91. The normalized spacial score (nSPS) is 10.7. The van der Waals surface area contributed by atoms with Crippen LogP contribution >= 0.6 is 11.3 Å². The van der Waals surface area contributed by atoms with E-state index in [-0.39, 0.29) is 23.9 Å². The Balaban J connectivity index is 2.35. The Morgan fingerprint density at radius 2 is 1.77 bits per heavy atom. The van der Waals surface area contributed by atoms with Gasteiger partial charge in [-0.1, -0.05) is 26.0 Å². The van der Waals surface area contributed by atoms with Gasteiger partial charge >= 0.3 is 5.97 Å². The Morgan fingerprint density at radius 3 is 2.27 bits per heavy atom. The van der Waals surface area contributed by atoms with Gasteiger partial charge in [0.2, 0.25) is 0 Å². The van der Waals surface area contributed by atoms with Crippen molar-refractivity contribution in [1.29, 1.82) is 0 Å². The van der Waals surface area contributed by atoms with E-state index >= 15 is 0 Å². The molecule has 1 amide bonds. The summed E-state index contributed by atoms with van der Waals surface area (Å²) in [7, 11) is 0. The van der Waals surface area contributed by atoms with E-state index < -0.39 is 5.97 Å². The van der Waals surface area contributed by atoms with Crippen LogP contribution in [0.5, 0.6) is 0 Å². The Labute approximate surface area is 157 Å². The van der Waals surface area contributed by atoms with Gasteiger partial charge in [-0.25, -0.2) is 4.79 Å². The number of esters is 1. The van der Waals surface area contributed by atoms with Crippen LogP contribution < -0.4 is 5.32 Å². The molecular weight excluding hydrogens is 350 g/mol. The van der Waals surface area contributed by atoms with Crippen molar-refractivity contribution in [3.05, 3.63) is 51.4 Å². The van der Waals surface area contributed by atoms with Gasteiger partial charge in [0.25, 0.3) is 5.91 Å². The lowest BCUT2D eigenvalue weighted by Gasteiger charge is -2.09. The smallest absolute Gasteiger partial charge is 0.341 e. The van der Waals surface area contributed by atoms with E-state index in [2.05, 4.69) is 19.2 Å². The number of ketones is 1. The molecule has 1 aromatic carbocycles. The lowest BCUT2D eigenvalue weighted by Crippen LogP contribution is -2.15. The van der Waals surface area contributed by atoms with Gasteiger partial charge in [-0.05, 0) is 49.9 Å². The molecule has 1 aromatic heterocycles. The summed E-state index contributed by atoms with van der Waals surface area (Å²) in [5, 5.41) is 3.09. The number of nitrogens with one attached hydrogen (secondary N) is 1. The summed E-state index contributed by atoms with van der Waals surface area (Å²) in [6.07, 6.45) is 0. The molecule has 0 aliphatic rings. The highest BCUT2D eigenvalue weighted by Gasteiger charge is 2.25. The number of rotatable bonds is 6. The molecule has 1 N–H and O–H groups in total. The third kappa shape index (κ3) is 4.19. The first-order valence-corrected chi connectivity index (χ1v) is 9.30. The van der Waals surface area contributed by atoms with Crippen LogP contribution in [0.1, 0.15) is 75.1 Å². The molecule has 0 fully saturated rings. The van der Waals surface area contributed by atoms with Gasteiger partial charge in [0.1, 0.15) is 5.00 Å². The average molecular weight is 373 g/mol. The topological polar surface area (TPSA) is 72.5 Å². The molecule has 0 saturated heterocycles. The number of carbonyl (C=O) groups is 3. The third-order valence-corrected chi connectivity index (χ3v) is 5.32. The van der Waals surface area contributed by atoms with Crippen LogP contribution in [0.4, 0.5) is 5.00 Å². The first-order valence-electron chi connectivity index (χ1n) is 8.49. The van der Waals surface area contributed by atoms with Crippen molar-refractivity contribution in [3.63, 3.8) is 0 Å². The molecule has 0 aliphatic carbocycles. The predicted octanol–water partition coefficient (Wildman–Crippen LogP) is 4.81. The third-order valence-electron chi connectivity index (χ3n) is 4.01. The monoisotopic (exact) mass is 373 g/mol. The zero-order valence-electron chi connectivity index (χ0n) is 15.6. The van der Waals surface area contributed by atoms with Crippen LogP contribution in [0.2, 0.25) is 0 Å². The van der Waals surface area contributed by atoms with E-state index in [0.29, 0.717) is 26.9 Å². The van der Waals surface area contributed by atoms with Crippen molar-refractivity contribution >= 4 is 34.0 Å². The fraction of sp³-hybridized carbons (Fsp3) is 0.350. The SMILES string of the molecule is CCOC(=O)c1c(NC(=O)c2ccc(C(C)C)cc2)sc(C(C)=O)c1C. The van der Waals surface area contributed by atoms with Gasteiger partial charge < -0.3 is 10.1 Å². The zero-order chi connectivity index (χ0) is 19.4. The number of carbonyl (C=O) groups excluding carboxylic acids is 3. The first-order chi connectivity index (χ1) is 12.3. The van der Waals surface area contributed by atoms with Crippen LogP contribution in [0.25, 0.3) is 0 Å². The summed E-state index contributed by atoms with van der Waals surface area (Å²) < 4.78 is 5.08. The van der Waals surface area contributed by atoms with E-state index in [4.69, 9.17) is 4.74 Å². The Bertz CT molecular complexity index is 834. The fourth-order valence-corrected chi connectivity index (χ4v) is 3.67. The second-order valence-electron chi connectivity index (χ2n) is 6.27. The van der Waals surface area contributed by atoms with Crippen LogP contribution in [-0.2, 0) is 4.74 Å². The number of hydrogen-bond donors (Lipinski definition) is 1. The highest BCUT2D eigenvalue weighted by Crippen LogP contribution is 2.34. The Morgan fingerprint density at radius 1 is 1.15 bits per heavy atom. The molecule has 0 spiro atoms. The van der Waals surface area contributed by atoms with Crippen molar-refractivity contribution in [2.24, 2.45) is 0 Å². The molecule has 5 nitrogen and oxygen atoms in total. The molecule has 0 unspecified atom stereocenters. The first kappa shape index (κ1) is 19.8. The van der Waals surface area contributed by atoms with Crippen molar-refractivity contribution in [3.8, 4) is 0 Å². The molecule has 2 aromatic rings. The molecule has 26 heavy (non-hydrogen) atoms. The van der Waals surface area contributed by atoms with Gasteiger partial charge in [-0.3, -0.25) is 9.59 Å². The summed E-state index contributed by atoms with van der Waals surface area (Å²) in [5.41, 5.74) is 2.40. The van der Waals surface area contributed by atoms with Crippen molar-refractivity contribution < 1.29 is 19.1 Å². The number of Topliss-reactive ketones (excluding diaryl/α,β-unsaturated/α-hetero) is 1. The van der Waals surface area contributed by atoms with E-state index in [9.17, 15) is 14.4 Å². The van der Waals surface area contributed by atoms with Crippen LogP contribution in [0, 0.1) is 6.92 Å². The maximum Gasteiger partial charge on any atom is 0.341 e.